The molecule has 13 heavy (non-hydrogen) atoms. The van der Waals surface area contributed by atoms with E-state index in [2.05, 4.69) is 12.6 Å². The molecular weight excluding hydrogens is 202 g/mol. The predicted octanol–water partition coefficient (Wildman–Crippen LogP) is 2.78. The third kappa shape index (κ3) is 1.26. The van der Waals surface area contributed by atoms with Crippen LogP contribution in [0, 0.1) is 0 Å². The fraction of sp³-hybridized carbons (Fsp3) is 0.111. The van der Waals surface area contributed by atoms with Crippen LogP contribution in [0.3, 0.4) is 0 Å². The van der Waals surface area contributed by atoms with E-state index in [1.165, 1.54) is 0 Å². The molecule has 0 atom stereocenters. The van der Waals surface area contributed by atoms with Crippen molar-refractivity contribution in [1.29, 1.82) is 0 Å². The Balaban J connectivity index is 2.88. The van der Waals surface area contributed by atoms with Gasteiger partial charge in [-0.3, -0.25) is 0 Å². The van der Waals surface area contributed by atoms with Gasteiger partial charge < -0.3 is 10.5 Å². The fourth-order valence-electron chi connectivity index (χ4n) is 1.32. The zero-order valence-corrected chi connectivity index (χ0v) is 8.78. The highest BCUT2D eigenvalue weighted by Crippen LogP contribution is 2.42. The Hall–Kier alpha value is -0.870. The van der Waals surface area contributed by atoms with Gasteiger partial charge in [-0.1, -0.05) is 6.07 Å². The van der Waals surface area contributed by atoms with E-state index in [0.29, 0.717) is 0 Å². The van der Waals surface area contributed by atoms with Gasteiger partial charge in [0, 0.05) is 10.4 Å². The van der Waals surface area contributed by atoms with Gasteiger partial charge in [-0.2, -0.15) is 0 Å². The molecule has 0 aliphatic carbocycles. The predicted molar refractivity (Wildman–Crippen MR) is 60.0 cm³/mol. The topological polar surface area (TPSA) is 35.2 Å². The molecule has 0 fully saturated rings. The minimum absolute atomic E-state index is 0.742. The van der Waals surface area contributed by atoms with Gasteiger partial charge in [-0.05, 0) is 12.1 Å². The lowest BCUT2D eigenvalue weighted by atomic mass is 10.2. The molecule has 0 amide bonds. The Morgan fingerprint density at radius 2 is 2.23 bits per heavy atom. The summed E-state index contributed by atoms with van der Waals surface area (Å²) in [6.07, 6.45) is 0. The van der Waals surface area contributed by atoms with Gasteiger partial charge in [0.1, 0.15) is 4.21 Å². The van der Waals surface area contributed by atoms with Crippen molar-refractivity contribution in [3.05, 3.63) is 18.2 Å². The molecule has 0 spiro atoms. The van der Waals surface area contributed by atoms with Crippen LogP contribution in [-0.2, 0) is 0 Å². The number of methoxy groups -OCH3 is 1. The van der Waals surface area contributed by atoms with E-state index in [0.717, 1.165) is 25.7 Å². The molecule has 1 aromatic carbocycles. The molecule has 0 bridgehead atoms. The van der Waals surface area contributed by atoms with Crippen molar-refractivity contribution in [3.8, 4) is 5.75 Å². The molecule has 0 aliphatic heterocycles. The van der Waals surface area contributed by atoms with Crippen LogP contribution in [0.15, 0.2) is 22.4 Å². The number of rotatable bonds is 1. The summed E-state index contributed by atoms with van der Waals surface area (Å²) < 4.78 is 7.22. The summed E-state index contributed by atoms with van der Waals surface area (Å²) in [5.41, 5.74) is 6.58. The second-order valence-electron chi connectivity index (χ2n) is 2.66. The van der Waals surface area contributed by atoms with Crippen LogP contribution in [0.5, 0.6) is 5.75 Å². The highest BCUT2D eigenvalue weighted by atomic mass is 32.2. The SMILES string of the molecule is COc1c(S)sc2cccc(N)c12. The normalized spacial score (nSPS) is 10.6. The van der Waals surface area contributed by atoms with E-state index in [-0.39, 0.29) is 0 Å². The standard InChI is InChI=1S/C9H9NOS2/c1-11-8-7-5(10)3-2-4-6(7)13-9(8)12/h2-4,12H,10H2,1H3. The van der Waals surface area contributed by atoms with Crippen molar-refractivity contribution < 1.29 is 4.74 Å². The second-order valence-corrected chi connectivity index (χ2v) is 4.46. The molecule has 0 saturated heterocycles. The van der Waals surface area contributed by atoms with Gasteiger partial charge >= 0.3 is 0 Å². The first-order valence-electron chi connectivity index (χ1n) is 3.78. The maximum atomic E-state index is 5.84. The van der Waals surface area contributed by atoms with Gasteiger partial charge in [0.25, 0.3) is 0 Å². The Kier molecular flexibility index (Phi) is 2.09. The first kappa shape index (κ1) is 8.72. The van der Waals surface area contributed by atoms with Crippen LogP contribution in [-0.4, -0.2) is 7.11 Å². The summed E-state index contributed by atoms with van der Waals surface area (Å²) in [4.78, 5) is 0. The van der Waals surface area contributed by atoms with Crippen LogP contribution < -0.4 is 10.5 Å². The number of ether oxygens (including phenoxy) is 1. The van der Waals surface area contributed by atoms with E-state index < -0.39 is 0 Å². The van der Waals surface area contributed by atoms with Gasteiger partial charge in [-0.25, -0.2) is 0 Å². The van der Waals surface area contributed by atoms with Gasteiger partial charge in [0.2, 0.25) is 0 Å². The molecule has 0 saturated carbocycles. The zero-order chi connectivity index (χ0) is 9.42. The third-order valence-electron chi connectivity index (χ3n) is 1.89. The van der Waals surface area contributed by atoms with E-state index in [1.807, 2.05) is 18.2 Å². The first-order chi connectivity index (χ1) is 6.24. The van der Waals surface area contributed by atoms with Crippen molar-refractivity contribution >= 4 is 39.7 Å². The number of nitrogens with two attached hydrogens (primary N) is 1. The first-order valence-corrected chi connectivity index (χ1v) is 5.04. The number of thiophene rings is 1. The molecule has 1 heterocycles. The van der Waals surface area contributed by atoms with E-state index >= 15 is 0 Å². The molecule has 2 rings (SSSR count). The highest BCUT2D eigenvalue weighted by molar-refractivity contribution is 7.83. The number of thiol groups is 1. The molecule has 2 N–H and O–H groups in total. The summed E-state index contributed by atoms with van der Waals surface area (Å²) in [6, 6.07) is 5.81. The lowest BCUT2D eigenvalue weighted by Crippen LogP contribution is -1.87. The molecule has 0 aliphatic rings. The van der Waals surface area contributed by atoms with Crippen LogP contribution in [0.4, 0.5) is 5.69 Å². The molecule has 0 radical (unpaired) electrons. The average Bonchev–Trinajstić information content (AvgIpc) is 2.42. The molecule has 2 aromatic rings. The fourth-order valence-corrected chi connectivity index (χ4v) is 2.77. The minimum Gasteiger partial charge on any atom is -0.494 e. The van der Waals surface area contributed by atoms with E-state index in [1.54, 1.807) is 18.4 Å². The molecule has 0 unspecified atom stereocenters. The average molecular weight is 211 g/mol. The Morgan fingerprint density at radius 3 is 2.92 bits per heavy atom. The van der Waals surface area contributed by atoms with Crippen LogP contribution >= 0.6 is 24.0 Å². The quantitative estimate of drug-likeness (QED) is 0.562. The molecule has 2 nitrogen and oxygen atoms in total. The van der Waals surface area contributed by atoms with Crippen molar-refractivity contribution in [2.75, 3.05) is 12.8 Å². The summed E-state index contributed by atoms with van der Waals surface area (Å²) in [5, 5.41) is 0.972. The van der Waals surface area contributed by atoms with Gasteiger partial charge in [-0.15, -0.1) is 24.0 Å². The van der Waals surface area contributed by atoms with E-state index in [9.17, 15) is 0 Å². The number of hydrogen-bond donors (Lipinski definition) is 2. The highest BCUT2D eigenvalue weighted by Gasteiger charge is 2.11. The Morgan fingerprint density at radius 1 is 1.46 bits per heavy atom. The summed E-state index contributed by atoms with van der Waals surface area (Å²) in [6.45, 7) is 0. The third-order valence-corrected chi connectivity index (χ3v) is 3.31. The monoisotopic (exact) mass is 211 g/mol. The number of benzene rings is 1. The minimum atomic E-state index is 0.742. The summed E-state index contributed by atoms with van der Waals surface area (Å²) in [5.74, 6) is 0.779. The summed E-state index contributed by atoms with van der Waals surface area (Å²) in [7, 11) is 1.63. The molecule has 4 heteroatoms. The van der Waals surface area contributed by atoms with Gasteiger partial charge in [0.05, 0.1) is 12.5 Å². The number of fused-ring (bicyclic) bond motifs is 1. The summed E-state index contributed by atoms with van der Waals surface area (Å²) >= 11 is 5.90. The number of nitrogen functional groups attached to an aromatic ring is 1. The maximum absolute atomic E-state index is 5.84. The lowest BCUT2D eigenvalue weighted by Gasteiger charge is -2.00. The molecule has 1 aromatic heterocycles. The lowest BCUT2D eigenvalue weighted by molar-refractivity contribution is 0.413. The van der Waals surface area contributed by atoms with Crippen LogP contribution in [0.1, 0.15) is 0 Å². The Bertz CT molecular complexity index is 450. The van der Waals surface area contributed by atoms with Crippen molar-refractivity contribution in [1.82, 2.24) is 0 Å². The zero-order valence-electron chi connectivity index (χ0n) is 7.07. The van der Waals surface area contributed by atoms with E-state index in [4.69, 9.17) is 10.5 Å². The van der Waals surface area contributed by atoms with Crippen LogP contribution in [0.25, 0.3) is 10.1 Å². The largest absolute Gasteiger partial charge is 0.494 e. The van der Waals surface area contributed by atoms with Crippen molar-refractivity contribution in [2.45, 2.75) is 4.21 Å². The number of anilines is 1. The molecule has 68 valence electrons. The van der Waals surface area contributed by atoms with Crippen LogP contribution in [0.2, 0.25) is 0 Å². The van der Waals surface area contributed by atoms with Gasteiger partial charge in [0.15, 0.2) is 5.75 Å². The van der Waals surface area contributed by atoms with Crippen molar-refractivity contribution in [2.24, 2.45) is 0 Å². The second kappa shape index (κ2) is 3.12. The number of hydrogen-bond acceptors (Lipinski definition) is 4. The smallest absolute Gasteiger partial charge is 0.152 e. The van der Waals surface area contributed by atoms with Crippen molar-refractivity contribution in [3.63, 3.8) is 0 Å². The Labute approximate surface area is 85.7 Å². The maximum Gasteiger partial charge on any atom is 0.152 e. The molecular formula is C9H9NOS2.